The van der Waals surface area contributed by atoms with Gasteiger partial charge in [0.1, 0.15) is 10.6 Å². The molecule has 0 radical (unpaired) electrons. The van der Waals surface area contributed by atoms with Gasteiger partial charge in [-0.05, 0) is 18.1 Å². The number of hydrogen-bond donors (Lipinski definition) is 1. The van der Waals surface area contributed by atoms with Crippen molar-refractivity contribution in [3.8, 4) is 5.75 Å². The standard InChI is InChI=1S/C12H12O5S/c1-17-10-4-2-3-9-8(5-6-11(13)14)7-18(15,16)12(9)10/h2-4,7H,5-6H2,1H3,(H,13,14). The molecule has 1 aliphatic rings. The smallest absolute Gasteiger partial charge is 0.303 e. The first-order chi connectivity index (χ1) is 8.45. The van der Waals surface area contributed by atoms with Crippen LogP contribution in [-0.2, 0) is 14.6 Å². The first-order valence-electron chi connectivity index (χ1n) is 5.30. The summed E-state index contributed by atoms with van der Waals surface area (Å²) in [5, 5.41) is 9.78. The van der Waals surface area contributed by atoms with Crippen LogP contribution in [-0.4, -0.2) is 26.6 Å². The molecule has 0 atom stereocenters. The van der Waals surface area contributed by atoms with Crippen molar-refractivity contribution in [2.75, 3.05) is 7.11 Å². The Morgan fingerprint density at radius 1 is 1.39 bits per heavy atom. The molecule has 0 spiro atoms. The van der Waals surface area contributed by atoms with E-state index >= 15 is 0 Å². The van der Waals surface area contributed by atoms with Crippen molar-refractivity contribution in [3.05, 3.63) is 29.2 Å². The van der Waals surface area contributed by atoms with E-state index < -0.39 is 15.8 Å². The van der Waals surface area contributed by atoms with E-state index in [1.54, 1.807) is 18.2 Å². The summed E-state index contributed by atoms with van der Waals surface area (Å²) < 4.78 is 29.0. The van der Waals surface area contributed by atoms with Crippen molar-refractivity contribution < 1.29 is 23.1 Å². The van der Waals surface area contributed by atoms with Gasteiger partial charge in [-0.3, -0.25) is 4.79 Å². The van der Waals surface area contributed by atoms with Gasteiger partial charge in [0.25, 0.3) is 0 Å². The van der Waals surface area contributed by atoms with E-state index in [-0.39, 0.29) is 23.5 Å². The summed E-state index contributed by atoms with van der Waals surface area (Å²) in [7, 11) is -2.12. The van der Waals surface area contributed by atoms with E-state index in [9.17, 15) is 13.2 Å². The second-order valence-electron chi connectivity index (χ2n) is 3.92. The molecule has 1 N–H and O–H groups in total. The van der Waals surface area contributed by atoms with Gasteiger partial charge in [-0.15, -0.1) is 0 Å². The third kappa shape index (κ3) is 2.11. The summed E-state index contributed by atoms with van der Waals surface area (Å²) in [6, 6.07) is 4.92. The number of carbonyl (C=O) groups is 1. The molecule has 1 aromatic carbocycles. The van der Waals surface area contributed by atoms with Gasteiger partial charge in [-0.2, -0.15) is 0 Å². The normalized spacial score (nSPS) is 15.9. The molecule has 0 saturated heterocycles. The average molecular weight is 268 g/mol. The van der Waals surface area contributed by atoms with Gasteiger partial charge >= 0.3 is 5.97 Å². The molecule has 0 amide bonds. The summed E-state index contributed by atoms with van der Waals surface area (Å²) in [6.07, 6.45) is 0.0900. The lowest BCUT2D eigenvalue weighted by molar-refractivity contribution is -0.136. The van der Waals surface area contributed by atoms with E-state index in [0.717, 1.165) is 5.41 Å². The lowest BCUT2D eigenvalue weighted by Crippen LogP contribution is -1.98. The Kier molecular flexibility index (Phi) is 3.13. The Morgan fingerprint density at radius 3 is 2.72 bits per heavy atom. The second kappa shape index (κ2) is 4.45. The monoisotopic (exact) mass is 268 g/mol. The Bertz CT molecular complexity index is 628. The average Bonchev–Trinajstić information content (AvgIpc) is 2.59. The minimum atomic E-state index is -3.53. The number of aliphatic carboxylic acids is 1. The maximum Gasteiger partial charge on any atom is 0.303 e. The first-order valence-corrected chi connectivity index (χ1v) is 6.85. The summed E-state index contributed by atoms with van der Waals surface area (Å²) >= 11 is 0. The van der Waals surface area contributed by atoms with Crippen LogP contribution in [0.5, 0.6) is 5.75 Å². The number of ether oxygens (including phenoxy) is 1. The predicted octanol–water partition coefficient (Wildman–Crippen LogP) is 1.69. The number of carboxylic acid groups (broad SMARTS) is 1. The molecule has 0 bridgehead atoms. The molecule has 0 fully saturated rings. The summed E-state index contributed by atoms with van der Waals surface area (Å²) in [5.41, 5.74) is 1.06. The van der Waals surface area contributed by atoms with Crippen molar-refractivity contribution in [2.24, 2.45) is 0 Å². The third-order valence-corrected chi connectivity index (χ3v) is 4.32. The Morgan fingerprint density at radius 2 is 2.11 bits per heavy atom. The van der Waals surface area contributed by atoms with E-state index in [1.165, 1.54) is 7.11 Å². The van der Waals surface area contributed by atoms with Crippen LogP contribution >= 0.6 is 0 Å². The van der Waals surface area contributed by atoms with Crippen LogP contribution in [0.2, 0.25) is 0 Å². The van der Waals surface area contributed by atoms with Gasteiger partial charge in [0.15, 0.2) is 0 Å². The van der Waals surface area contributed by atoms with Crippen LogP contribution in [0.4, 0.5) is 0 Å². The molecule has 96 valence electrons. The molecular weight excluding hydrogens is 256 g/mol. The zero-order valence-corrected chi connectivity index (χ0v) is 10.5. The fourth-order valence-corrected chi connectivity index (χ4v) is 3.64. The van der Waals surface area contributed by atoms with Crippen LogP contribution in [0.15, 0.2) is 28.5 Å². The highest BCUT2D eigenvalue weighted by molar-refractivity contribution is 7.95. The summed E-state index contributed by atoms with van der Waals surface area (Å²) in [5.74, 6) is -0.668. The van der Waals surface area contributed by atoms with E-state index in [1.807, 2.05) is 0 Å². The quantitative estimate of drug-likeness (QED) is 0.898. The highest BCUT2D eigenvalue weighted by atomic mass is 32.2. The molecule has 5 nitrogen and oxygen atoms in total. The molecule has 0 unspecified atom stereocenters. The zero-order valence-electron chi connectivity index (χ0n) is 9.71. The Labute approximate surface area is 105 Å². The molecule has 1 aliphatic heterocycles. The number of hydrogen-bond acceptors (Lipinski definition) is 4. The number of sulfone groups is 1. The summed E-state index contributed by atoms with van der Waals surface area (Å²) in [6.45, 7) is 0. The fraction of sp³-hybridized carbons (Fsp3) is 0.250. The van der Waals surface area contributed by atoms with Gasteiger partial charge in [0.05, 0.1) is 7.11 Å². The largest absolute Gasteiger partial charge is 0.495 e. The van der Waals surface area contributed by atoms with Crippen LogP contribution < -0.4 is 4.74 Å². The minimum Gasteiger partial charge on any atom is -0.495 e. The van der Waals surface area contributed by atoms with Gasteiger partial charge in [0, 0.05) is 17.4 Å². The van der Waals surface area contributed by atoms with Crippen LogP contribution in [0, 0.1) is 0 Å². The van der Waals surface area contributed by atoms with Gasteiger partial charge in [-0.25, -0.2) is 8.42 Å². The van der Waals surface area contributed by atoms with Gasteiger partial charge in [0.2, 0.25) is 9.84 Å². The molecule has 18 heavy (non-hydrogen) atoms. The van der Waals surface area contributed by atoms with Crippen LogP contribution in [0.1, 0.15) is 18.4 Å². The fourth-order valence-electron chi connectivity index (χ4n) is 1.97. The van der Waals surface area contributed by atoms with Crippen molar-refractivity contribution in [1.82, 2.24) is 0 Å². The lowest BCUT2D eigenvalue weighted by Gasteiger charge is -2.07. The van der Waals surface area contributed by atoms with Gasteiger partial charge in [-0.1, -0.05) is 12.1 Å². The summed E-state index contributed by atoms with van der Waals surface area (Å²) in [4.78, 5) is 10.7. The molecule has 2 rings (SSSR count). The highest BCUT2D eigenvalue weighted by Crippen LogP contribution is 2.40. The van der Waals surface area contributed by atoms with Crippen LogP contribution in [0.3, 0.4) is 0 Å². The highest BCUT2D eigenvalue weighted by Gasteiger charge is 2.30. The third-order valence-electron chi connectivity index (χ3n) is 2.73. The van der Waals surface area contributed by atoms with Crippen molar-refractivity contribution >= 4 is 21.4 Å². The number of allylic oxidation sites excluding steroid dienone is 1. The molecule has 0 aliphatic carbocycles. The van der Waals surface area contributed by atoms with Crippen LogP contribution in [0.25, 0.3) is 5.57 Å². The van der Waals surface area contributed by atoms with Gasteiger partial charge < -0.3 is 9.84 Å². The maximum atomic E-state index is 12.0. The van der Waals surface area contributed by atoms with Crippen molar-refractivity contribution in [3.63, 3.8) is 0 Å². The van der Waals surface area contributed by atoms with E-state index in [2.05, 4.69) is 0 Å². The maximum absolute atomic E-state index is 12.0. The number of benzene rings is 1. The van der Waals surface area contributed by atoms with Crippen molar-refractivity contribution in [1.29, 1.82) is 0 Å². The zero-order chi connectivity index (χ0) is 13.3. The number of fused-ring (bicyclic) bond motifs is 1. The Balaban J connectivity index is 2.48. The first kappa shape index (κ1) is 12.6. The minimum absolute atomic E-state index is 0.0992. The number of carboxylic acids is 1. The number of rotatable bonds is 4. The SMILES string of the molecule is COc1cccc2c1S(=O)(=O)C=C2CCC(=O)O. The van der Waals surface area contributed by atoms with E-state index in [0.29, 0.717) is 11.1 Å². The molecule has 0 saturated carbocycles. The second-order valence-corrected chi connectivity index (χ2v) is 5.65. The lowest BCUT2D eigenvalue weighted by atomic mass is 10.0. The van der Waals surface area contributed by atoms with E-state index in [4.69, 9.17) is 9.84 Å². The predicted molar refractivity (Wildman–Crippen MR) is 65.0 cm³/mol. The molecule has 6 heteroatoms. The Hall–Kier alpha value is -1.82. The van der Waals surface area contributed by atoms with Crippen molar-refractivity contribution in [2.45, 2.75) is 17.7 Å². The molecule has 1 aromatic rings. The molecule has 0 aromatic heterocycles. The molecule has 1 heterocycles. The number of methoxy groups -OCH3 is 1. The topological polar surface area (TPSA) is 80.7 Å². The molecular formula is C12H12O5S.